The summed E-state index contributed by atoms with van der Waals surface area (Å²) in [5.41, 5.74) is 0. The molecule has 2 heterocycles. The second kappa shape index (κ2) is 49.0. The highest BCUT2D eigenvalue weighted by Gasteiger charge is 2.18. The van der Waals surface area contributed by atoms with Crippen LogP contribution in [-0.2, 0) is 18.9 Å². The molecule has 6 nitrogen and oxygen atoms in total. The van der Waals surface area contributed by atoms with Crippen molar-refractivity contribution in [3.8, 4) is 0 Å². The van der Waals surface area contributed by atoms with Crippen LogP contribution in [0.3, 0.4) is 0 Å². The van der Waals surface area contributed by atoms with Crippen molar-refractivity contribution in [3.63, 3.8) is 0 Å². The Balaban J connectivity index is 1.32. The molecule has 2 aliphatic rings. The van der Waals surface area contributed by atoms with E-state index in [4.69, 9.17) is 18.9 Å². The molecule has 0 aromatic carbocycles. The summed E-state index contributed by atoms with van der Waals surface area (Å²) in [5, 5.41) is 0. The smallest absolute Gasteiger partial charge is 0.147 e. The Hall–Kier alpha value is 1.59. The molecule has 2 saturated heterocycles. The van der Waals surface area contributed by atoms with E-state index in [0.29, 0.717) is 25.8 Å². The fourth-order valence-corrected chi connectivity index (χ4v) is 18.8. The SMILES string of the molecule is CCCCCCCCCCCCCCCOCOC1CCC[SiH2]N(CCCSSSSCCCN2CCC(OCOCCCCCCCCCCCCCCC)CCC[SiH2]2)CC1. The molecule has 2 unspecified atom stereocenters. The van der Waals surface area contributed by atoms with E-state index >= 15 is 0 Å². The second-order valence-electron chi connectivity index (χ2n) is 18.9. The molecule has 2 rings (SSSR count). The highest BCUT2D eigenvalue weighted by molar-refractivity contribution is 9.26. The predicted octanol–water partition coefficient (Wildman–Crippen LogP) is 15.3. The molecule has 0 bridgehead atoms. The Bertz CT molecular complexity index is 827. The van der Waals surface area contributed by atoms with Crippen molar-refractivity contribution in [2.45, 2.75) is 256 Å². The number of ether oxygens (including phenoxy) is 4. The van der Waals surface area contributed by atoms with Crippen molar-refractivity contribution in [2.75, 3.05) is 64.5 Å². The fourth-order valence-electron chi connectivity index (χ4n) is 9.01. The zero-order valence-corrected chi connectivity index (χ0v) is 47.4. The maximum atomic E-state index is 6.22. The Labute approximate surface area is 407 Å². The van der Waals surface area contributed by atoms with Gasteiger partial charge in [0.2, 0.25) is 0 Å². The fraction of sp³-hybridized carbons (Fsp3) is 1.00. The van der Waals surface area contributed by atoms with E-state index in [1.807, 2.05) is 19.7 Å². The van der Waals surface area contributed by atoms with E-state index in [-0.39, 0.29) is 19.4 Å². The van der Waals surface area contributed by atoms with Crippen LogP contribution in [-0.4, -0.2) is 105 Å². The Morgan fingerprint density at radius 2 is 0.758 bits per heavy atom. The summed E-state index contributed by atoms with van der Waals surface area (Å²) in [7, 11) is 7.99. The van der Waals surface area contributed by atoms with Gasteiger partial charge in [-0.2, -0.15) is 0 Å². The second-order valence-corrected chi connectivity index (χ2v) is 29.2. The maximum Gasteiger partial charge on any atom is 0.147 e. The van der Waals surface area contributed by atoms with E-state index in [2.05, 4.69) is 44.6 Å². The van der Waals surface area contributed by atoms with Gasteiger partial charge in [-0.05, 0) is 109 Å². The van der Waals surface area contributed by atoms with Gasteiger partial charge in [0.05, 0.1) is 31.6 Å². The van der Waals surface area contributed by atoms with Crippen LogP contribution < -0.4 is 0 Å². The standard InChI is InChI=1S/C50H104N2O4S4Si2/c1-3-5-7-9-11-13-15-17-19-21-23-25-27-41-53-47-55-49-33-29-45-61-51(39-35-49)37-31-43-57-59-60-58-44-32-38-52-40-36-50(34-30-46-62-52)56-48-54-42-28-26-24-22-20-18-16-14-12-10-8-6-4-2/h49-50H,3-48,61-62H2,1-2H3. The first-order chi connectivity index (χ1) is 30.8. The predicted molar refractivity (Wildman–Crippen MR) is 290 cm³/mol. The lowest BCUT2D eigenvalue weighted by Crippen LogP contribution is -2.34. The first-order valence-electron chi connectivity index (χ1n) is 27.2. The van der Waals surface area contributed by atoms with Gasteiger partial charge in [0.15, 0.2) is 0 Å². The average molecular weight is 982 g/mol. The Morgan fingerprint density at radius 1 is 0.419 bits per heavy atom. The van der Waals surface area contributed by atoms with Crippen LogP contribution in [0, 0.1) is 0 Å². The number of hydrogen-bond acceptors (Lipinski definition) is 10. The first-order valence-corrected chi connectivity index (χ1v) is 35.6. The Morgan fingerprint density at radius 3 is 1.11 bits per heavy atom. The lowest BCUT2D eigenvalue weighted by Gasteiger charge is -2.28. The molecule has 0 aromatic heterocycles. The summed E-state index contributed by atoms with van der Waals surface area (Å²) < 4.78 is 29.9. The van der Waals surface area contributed by atoms with Crippen LogP contribution in [0.1, 0.15) is 232 Å². The molecule has 2 aliphatic heterocycles. The van der Waals surface area contributed by atoms with E-state index in [1.54, 1.807) is 0 Å². The third-order valence-corrected chi connectivity index (χ3v) is 23.9. The number of nitrogens with zero attached hydrogens (tertiary/aromatic N) is 2. The average Bonchev–Trinajstić information content (AvgIpc) is 3.26. The van der Waals surface area contributed by atoms with Gasteiger partial charge in [0.25, 0.3) is 0 Å². The third kappa shape index (κ3) is 40.6. The van der Waals surface area contributed by atoms with Crippen LogP contribution in [0.5, 0.6) is 0 Å². The normalized spacial score (nSPS) is 19.3. The quantitative estimate of drug-likeness (QED) is 0.0255. The van der Waals surface area contributed by atoms with E-state index in [1.165, 1.54) is 268 Å². The van der Waals surface area contributed by atoms with Gasteiger partial charge in [0, 0.05) is 24.7 Å². The van der Waals surface area contributed by atoms with Gasteiger partial charge in [0.1, 0.15) is 13.6 Å². The highest BCUT2D eigenvalue weighted by Crippen LogP contribution is 2.43. The highest BCUT2D eigenvalue weighted by atomic mass is 33.7. The molecule has 62 heavy (non-hydrogen) atoms. The van der Waals surface area contributed by atoms with E-state index in [9.17, 15) is 0 Å². The third-order valence-electron chi connectivity index (χ3n) is 13.1. The zero-order chi connectivity index (χ0) is 43.9. The maximum absolute atomic E-state index is 6.22. The number of rotatable bonds is 45. The molecule has 0 N–H and O–H groups in total. The molecule has 0 saturated carbocycles. The summed E-state index contributed by atoms with van der Waals surface area (Å²) in [5.74, 6) is 2.53. The van der Waals surface area contributed by atoms with Gasteiger partial charge < -0.3 is 28.1 Å². The van der Waals surface area contributed by atoms with Gasteiger partial charge in [-0.15, -0.1) is 0 Å². The summed E-state index contributed by atoms with van der Waals surface area (Å²) in [6, 6.07) is 2.88. The van der Waals surface area contributed by atoms with Crippen LogP contribution >= 0.6 is 41.2 Å². The lowest BCUT2D eigenvalue weighted by molar-refractivity contribution is -0.0956. The molecule has 2 fully saturated rings. The van der Waals surface area contributed by atoms with Crippen molar-refractivity contribution < 1.29 is 18.9 Å². The summed E-state index contributed by atoms with van der Waals surface area (Å²) in [6.45, 7) is 12.4. The molecule has 0 amide bonds. The van der Waals surface area contributed by atoms with Crippen LogP contribution in [0.15, 0.2) is 0 Å². The molecule has 370 valence electrons. The zero-order valence-electron chi connectivity index (χ0n) is 41.3. The largest absolute Gasteiger partial charge is 0.355 e. The first kappa shape index (κ1) is 59.7. The van der Waals surface area contributed by atoms with Gasteiger partial charge in [-0.1, -0.05) is 202 Å². The number of unbranched alkanes of at least 4 members (excludes halogenated alkanes) is 24. The van der Waals surface area contributed by atoms with E-state index < -0.39 is 0 Å². The lowest BCUT2D eigenvalue weighted by atomic mass is 10.0. The molecule has 0 spiro atoms. The van der Waals surface area contributed by atoms with E-state index in [0.717, 1.165) is 13.2 Å². The van der Waals surface area contributed by atoms with Crippen LogP contribution in [0.4, 0.5) is 0 Å². The molecule has 2 atom stereocenters. The Kier molecular flexibility index (Phi) is 47.2. The molecule has 0 aliphatic carbocycles. The van der Waals surface area contributed by atoms with Gasteiger partial charge in [-0.25, -0.2) is 0 Å². The molecular formula is C50H104N2O4S4Si2. The van der Waals surface area contributed by atoms with Crippen molar-refractivity contribution in [3.05, 3.63) is 0 Å². The van der Waals surface area contributed by atoms with Crippen LogP contribution in [0.25, 0.3) is 0 Å². The number of hydrogen-bond donors (Lipinski definition) is 0. The van der Waals surface area contributed by atoms with Crippen molar-refractivity contribution >= 4 is 60.6 Å². The molecule has 0 radical (unpaired) electrons. The molecule has 12 heteroatoms. The monoisotopic (exact) mass is 981 g/mol. The molecular weight excluding hydrogens is 877 g/mol. The summed E-state index contributed by atoms with van der Waals surface area (Å²) in [4.78, 5) is 0. The van der Waals surface area contributed by atoms with Gasteiger partial charge in [-0.3, -0.25) is 0 Å². The van der Waals surface area contributed by atoms with Crippen molar-refractivity contribution in [1.29, 1.82) is 0 Å². The summed E-state index contributed by atoms with van der Waals surface area (Å²) >= 11 is 0. The van der Waals surface area contributed by atoms with Crippen molar-refractivity contribution in [1.82, 2.24) is 9.13 Å². The van der Waals surface area contributed by atoms with Crippen molar-refractivity contribution in [2.24, 2.45) is 0 Å². The topological polar surface area (TPSA) is 43.4 Å². The molecule has 0 aromatic rings. The minimum absolute atomic E-state index is 0.0821. The minimum Gasteiger partial charge on any atom is -0.355 e. The van der Waals surface area contributed by atoms with Crippen LogP contribution in [0.2, 0.25) is 12.1 Å². The van der Waals surface area contributed by atoms with Gasteiger partial charge >= 0.3 is 0 Å². The minimum atomic E-state index is -0.0821. The summed E-state index contributed by atoms with van der Waals surface area (Å²) in [6.07, 6.45) is 47.2.